The van der Waals surface area contributed by atoms with E-state index in [0.29, 0.717) is 65.3 Å². The minimum Gasteiger partial charge on any atom is -0.493 e. The molecule has 0 radical (unpaired) electrons. The molecule has 238 valence electrons. The molecule has 0 unspecified atom stereocenters. The quantitative estimate of drug-likeness (QED) is 0.260. The summed E-state index contributed by atoms with van der Waals surface area (Å²) in [5.74, 6) is 2.12. The van der Waals surface area contributed by atoms with Crippen LogP contribution in [0.5, 0.6) is 23.0 Å². The van der Waals surface area contributed by atoms with Gasteiger partial charge in [-0.25, -0.2) is 0 Å². The molecular weight excluding hydrogens is 584 g/mol. The average molecular weight is 623 g/mol. The fourth-order valence-corrected chi connectivity index (χ4v) is 6.69. The van der Waals surface area contributed by atoms with Crippen LogP contribution in [0.2, 0.25) is 0 Å². The molecule has 4 heterocycles. The summed E-state index contributed by atoms with van der Waals surface area (Å²) in [7, 11) is 3.16. The van der Waals surface area contributed by atoms with Gasteiger partial charge in [0.25, 0.3) is 11.8 Å². The monoisotopic (exact) mass is 622 g/mol. The molecule has 4 aliphatic rings. The molecule has 0 aliphatic carbocycles. The van der Waals surface area contributed by atoms with Crippen molar-refractivity contribution in [3.63, 3.8) is 0 Å². The predicted octanol–water partition coefficient (Wildman–Crippen LogP) is 5.94. The minimum absolute atomic E-state index is 0.00821. The van der Waals surface area contributed by atoms with E-state index in [1.165, 1.54) is 11.1 Å². The Morgan fingerprint density at radius 2 is 1.30 bits per heavy atom. The molecule has 0 spiro atoms. The average Bonchev–Trinajstić information content (AvgIpc) is 3.47. The molecule has 0 N–H and O–H groups in total. The zero-order valence-corrected chi connectivity index (χ0v) is 26.2. The van der Waals surface area contributed by atoms with Gasteiger partial charge in [-0.15, -0.1) is 0 Å². The maximum absolute atomic E-state index is 13.6. The third-order valence-electron chi connectivity index (χ3n) is 9.21. The number of unbranched alkanes of at least 4 members (excludes halogenated alkanes) is 2. The van der Waals surface area contributed by atoms with Crippen molar-refractivity contribution in [2.24, 2.45) is 9.98 Å². The van der Waals surface area contributed by atoms with Crippen LogP contribution in [-0.4, -0.2) is 80.1 Å². The van der Waals surface area contributed by atoms with Gasteiger partial charge in [-0.2, -0.15) is 0 Å². The smallest absolute Gasteiger partial charge is 0.257 e. The number of aliphatic imine (C=N–C) groups is 2. The third kappa shape index (κ3) is 5.68. The zero-order valence-electron chi connectivity index (χ0n) is 26.2. The van der Waals surface area contributed by atoms with Crippen molar-refractivity contribution < 1.29 is 28.5 Å². The fraction of sp³-hybridized carbons (Fsp3) is 0.389. The van der Waals surface area contributed by atoms with Crippen molar-refractivity contribution in [2.45, 2.75) is 57.2 Å². The summed E-state index contributed by atoms with van der Waals surface area (Å²) in [5.41, 5.74) is 4.70. The molecule has 0 saturated carbocycles. The van der Waals surface area contributed by atoms with Crippen LogP contribution in [0.4, 0.5) is 11.4 Å². The van der Waals surface area contributed by atoms with Crippen LogP contribution in [0.3, 0.4) is 0 Å². The van der Waals surface area contributed by atoms with E-state index in [1.807, 2.05) is 34.4 Å². The number of hydrogen-bond acceptors (Lipinski definition) is 8. The number of methoxy groups -OCH3 is 2. The molecule has 0 aromatic heterocycles. The zero-order chi connectivity index (χ0) is 31.6. The molecule has 0 bridgehead atoms. The topological polar surface area (TPSA) is 102 Å². The van der Waals surface area contributed by atoms with Crippen LogP contribution >= 0.6 is 0 Å². The first kappa shape index (κ1) is 29.8. The normalized spacial score (nSPS) is 19.3. The van der Waals surface area contributed by atoms with Gasteiger partial charge in [-0.05, 0) is 61.8 Å². The molecule has 10 heteroatoms. The Balaban J connectivity index is 0.938. The van der Waals surface area contributed by atoms with Crippen LogP contribution < -0.4 is 18.9 Å². The summed E-state index contributed by atoms with van der Waals surface area (Å²) in [6, 6.07) is 15.3. The highest BCUT2D eigenvalue weighted by Gasteiger charge is 2.34. The number of rotatable bonds is 10. The Morgan fingerprint density at radius 1 is 0.717 bits per heavy atom. The molecule has 7 rings (SSSR count). The number of fused-ring (bicyclic) bond motifs is 5. The standard InChI is InChI=1S/C36H38N4O6/c1-43-31-16-27-29(37-20-25-11-8-12-39(25)35(27)41)18-33(31)45-13-6-3-7-14-46-34-19-30-28(17-32(34)44-2)36(42)40-22-24-10-5-4-9-23(24)15-26(40)21-38-30/h4-5,9-10,16-21,25-26H,3,6-8,11-15,22H2,1-2H3/t25-,26+/m0/s1. The molecule has 10 nitrogen and oxygen atoms in total. The van der Waals surface area contributed by atoms with Crippen molar-refractivity contribution >= 4 is 35.6 Å². The van der Waals surface area contributed by atoms with E-state index in [1.54, 1.807) is 38.5 Å². The van der Waals surface area contributed by atoms with E-state index < -0.39 is 0 Å². The van der Waals surface area contributed by atoms with Crippen molar-refractivity contribution in [1.82, 2.24) is 9.80 Å². The molecular formula is C36H38N4O6. The number of nitrogens with zero attached hydrogens (tertiary/aromatic N) is 4. The van der Waals surface area contributed by atoms with Gasteiger partial charge in [-0.3, -0.25) is 19.6 Å². The van der Waals surface area contributed by atoms with E-state index >= 15 is 0 Å². The number of ether oxygens (including phenoxy) is 4. The SMILES string of the molecule is COc1cc2c(cc1OCCCCCOc1cc3c(cc1OC)C(=O)N1Cc4ccccc4C[C@@H]1C=N3)N=C[C@@H]1CCCN1C2=O. The molecule has 2 atom stereocenters. The fourth-order valence-electron chi connectivity index (χ4n) is 6.69. The lowest BCUT2D eigenvalue weighted by Crippen LogP contribution is -2.44. The lowest BCUT2D eigenvalue weighted by molar-refractivity contribution is 0.0702. The van der Waals surface area contributed by atoms with Crippen LogP contribution in [0.25, 0.3) is 0 Å². The highest BCUT2D eigenvalue weighted by Crippen LogP contribution is 2.40. The Hall–Kier alpha value is -4.86. The molecule has 46 heavy (non-hydrogen) atoms. The Kier molecular flexibility index (Phi) is 8.34. The summed E-state index contributed by atoms with van der Waals surface area (Å²) < 4.78 is 23.4. The second-order valence-electron chi connectivity index (χ2n) is 12.0. The summed E-state index contributed by atoms with van der Waals surface area (Å²) in [6.07, 6.45) is 8.92. The Labute approximate surface area is 268 Å². The minimum atomic E-state index is -0.0916. The molecule has 2 amide bonds. The van der Waals surface area contributed by atoms with Crippen LogP contribution in [0.1, 0.15) is 63.9 Å². The molecule has 4 aliphatic heterocycles. The second kappa shape index (κ2) is 12.9. The van der Waals surface area contributed by atoms with Gasteiger partial charge in [0.15, 0.2) is 23.0 Å². The maximum Gasteiger partial charge on any atom is 0.257 e. The van der Waals surface area contributed by atoms with E-state index in [0.717, 1.165) is 45.1 Å². The van der Waals surface area contributed by atoms with Gasteiger partial charge in [0.2, 0.25) is 0 Å². The lowest BCUT2D eigenvalue weighted by atomic mass is 9.94. The van der Waals surface area contributed by atoms with E-state index in [9.17, 15) is 9.59 Å². The van der Waals surface area contributed by atoms with Gasteiger partial charge in [0, 0.05) is 37.7 Å². The summed E-state index contributed by atoms with van der Waals surface area (Å²) in [5, 5.41) is 0. The number of amides is 2. The highest BCUT2D eigenvalue weighted by atomic mass is 16.5. The summed E-state index contributed by atoms with van der Waals surface area (Å²) in [4.78, 5) is 39.8. The highest BCUT2D eigenvalue weighted by molar-refractivity contribution is 6.04. The Bertz CT molecular complexity index is 1720. The van der Waals surface area contributed by atoms with Crippen LogP contribution in [0, 0.1) is 0 Å². The molecule has 3 aromatic carbocycles. The molecule has 1 fully saturated rings. The third-order valence-corrected chi connectivity index (χ3v) is 9.21. The van der Waals surface area contributed by atoms with Gasteiger partial charge in [-0.1, -0.05) is 24.3 Å². The van der Waals surface area contributed by atoms with Gasteiger partial charge >= 0.3 is 0 Å². The van der Waals surface area contributed by atoms with Crippen molar-refractivity contribution in [3.05, 3.63) is 70.8 Å². The predicted molar refractivity (Wildman–Crippen MR) is 175 cm³/mol. The molecule has 3 aromatic rings. The number of carbonyl (C=O) groups is 2. The number of carbonyl (C=O) groups excluding carboxylic acids is 2. The number of hydrogen-bond donors (Lipinski definition) is 0. The van der Waals surface area contributed by atoms with Gasteiger partial charge in [0.1, 0.15) is 0 Å². The van der Waals surface area contributed by atoms with Gasteiger partial charge in [0.05, 0.1) is 62.0 Å². The summed E-state index contributed by atoms with van der Waals surface area (Å²) >= 11 is 0. The van der Waals surface area contributed by atoms with E-state index in [4.69, 9.17) is 23.9 Å². The lowest BCUT2D eigenvalue weighted by Gasteiger charge is -2.34. The van der Waals surface area contributed by atoms with Crippen LogP contribution in [-0.2, 0) is 13.0 Å². The van der Waals surface area contributed by atoms with Gasteiger partial charge < -0.3 is 28.7 Å². The summed E-state index contributed by atoms with van der Waals surface area (Å²) in [6.45, 7) is 2.28. The maximum atomic E-state index is 13.6. The molecule has 1 saturated heterocycles. The van der Waals surface area contributed by atoms with E-state index in [2.05, 4.69) is 17.1 Å². The largest absolute Gasteiger partial charge is 0.493 e. The van der Waals surface area contributed by atoms with E-state index in [-0.39, 0.29) is 23.9 Å². The Morgan fingerprint density at radius 3 is 1.93 bits per heavy atom. The van der Waals surface area contributed by atoms with Crippen molar-refractivity contribution in [2.75, 3.05) is 34.0 Å². The second-order valence-corrected chi connectivity index (χ2v) is 12.0. The number of benzene rings is 3. The van der Waals surface area contributed by atoms with Crippen LogP contribution in [0.15, 0.2) is 58.5 Å². The van der Waals surface area contributed by atoms with Crippen molar-refractivity contribution in [3.8, 4) is 23.0 Å². The first-order chi connectivity index (χ1) is 22.5. The first-order valence-electron chi connectivity index (χ1n) is 16.0. The van der Waals surface area contributed by atoms with Crippen molar-refractivity contribution in [1.29, 1.82) is 0 Å². The first-order valence-corrected chi connectivity index (χ1v) is 16.0.